The van der Waals surface area contributed by atoms with Crippen molar-refractivity contribution in [2.24, 2.45) is 0 Å². The van der Waals surface area contributed by atoms with Crippen molar-refractivity contribution in [1.29, 1.82) is 0 Å². The van der Waals surface area contributed by atoms with Crippen LogP contribution in [0.15, 0.2) is 77.1 Å². The minimum Gasteiger partial charge on any atom is -0.478 e. The van der Waals surface area contributed by atoms with Crippen molar-refractivity contribution in [2.45, 2.75) is 17.7 Å². The highest BCUT2D eigenvalue weighted by atomic mass is 32.2. The molecule has 4 rings (SSSR count). The Hall–Kier alpha value is -3.43. The van der Waals surface area contributed by atoms with Crippen LogP contribution < -0.4 is 5.32 Å². The number of rotatable bonds is 6. The summed E-state index contributed by atoms with van der Waals surface area (Å²) in [5, 5.41) is 14.1. The zero-order chi connectivity index (χ0) is 22.9. The maximum Gasteiger partial charge on any atom is 0.337 e. The summed E-state index contributed by atoms with van der Waals surface area (Å²) >= 11 is 1.49. The lowest BCUT2D eigenvalue weighted by Crippen LogP contribution is -2.26. The predicted molar refractivity (Wildman–Crippen MR) is 123 cm³/mol. The van der Waals surface area contributed by atoms with Crippen LogP contribution in [-0.4, -0.2) is 36.3 Å². The number of carbonyl (C=O) groups is 2. The number of allylic oxidation sites excluding steroid dienone is 1. The van der Waals surface area contributed by atoms with Gasteiger partial charge in [-0.3, -0.25) is 9.10 Å². The number of carbonyl (C=O) groups excluding carboxylic acids is 1. The van der Waals surface area contributed by atoms with E-state index in [1.165, 1.54) is 46.0 Å². The van der Waals surface area contributed by atoms with Gasteiger partial charge >= 0.3 is 5.97 Å². The van der Waals surface area contributed by atoms with E-state index in [1.807, 2.05) is 17.5 Å². The van der Waals surface area contributed by atoms with Crippen molar-refractivity contribution in [3.63, 3.8) is 0 Å². The summed E-state index contributed by atoms with van der Waals surface area (Å²) in [6, 6.07) is 14.1. The lowest BCUT2D eigenvalue weighted by Gasteiger charge is -2.19. The van der Waals surface area contributed by atoms with Crippen LogP contribution in [0, 0.1) is 0 Å². The number of carboxylic acids is 1. The first-order valence-electron chi connectivity index (χ1n) is 9.80. The van der Waals surface area contributed by atoms with Gasteiger partial charge in [0.15, 0.2) is 0 Å². The summed E-state index contributed by atoms with van der Waals surface area (Å²) in [4.78, 5) is 25.4. The highest BCUT2D eigenvalue weighted by Crippen LogP contribution is 2.30. The maximum atomic E-state index is 12.8. The molecule has 1 aliphatic rings. The summed E-state index contributed by atoms with van der Waals surface area (Å²) in [5.41, 5.74) is 1.64. The number of amides is 1. The molecule has 1 saturated heterocycles. The molecule has 164 valence electrons. The number of thiophene rings is 1. The van der Waals surface area contributed by atoms with Crippen molar-refractivity contribution in [3.8, 4) is 10.4 Å². The molecular weight excluding hydrogens is 448 g/mol. The molecule has 1 aromatic heterocycles. The number of sulfonamides is 1. The molecule has 9 heteroatoms. The third kappa shape index (κ3) is 4.17. The molecule has 0 atom stereocenters. The Morgan fingerprint density at radius 2 is 1.84 bits per heavy atom. The first-order chi connectivity index (χ1) is 15.3. The summed E-state index contributed by atoms with van der Waals surface area (Å²) < 4.78 is 26.8. The third-order valence-electron chi connectivity index (χ3n) is 5.19. The van der Waals surface area contributed by atoms with Gasteiger partial charge in [-0.1, -0.05) is 18.7 Å². The van der Waals surface area contributed by atoms with Gasteiger partial charge < -0.3 is 10.4 Å². The molecule has 1 fully saturated rings. The van der Waals surface area contributed by atoms with Gasteiger partial charge in [-0.25, -0.2) is 13.2 Å². The molecule has 2 heterocycles. The van der Waals surface area contributed by atoms with Gasteiger partial charge in [0.2, 0.25) is 0 Å². The number of carboxylic acid groups (broad SMARTS) is 1. The standard InChI is InChI=1S/C23H20N2O5S2/c1-15-4-2-12-25(15)32(29,30)18-9-6-16(7-10-18)22(26)24-20-11-8-17(14-19(20)23(27)28)21-5-3-13-31-21/h3,5-11,13-14H,1-2,4,12H2,(H,24,26)(H,27,28). The summed E-state index contributed by atoms with van der Waals surface area (Å²) in [6.07, 6.45) is 1.37. The summed E-state index contributed by atoms with van der Waals surface area (Å²) in [6.45, 7) is 4.19. The minimum atomic E-state index is -3.71. The molecule has 0 bridgehead atoms. The van der Waals surface area contributed by atoms with E-state index in [0.29, 0.717) is 18.7 Å². The van der Waals surface area contributed by atoms with Gasteiger partial charge in [0.05, 0.1) is 16.1 Å². The van der Waals surface area contributed by atoms with Gasteiger partial charge in [0, 0.05) is 22.7 Å². The number of benzene rings is 2. The fourth-order valence-corrected chi connectivity index (χ4v) is 5.79. The Kier molecular flexibility index (Phi) is 5.86. The topological polar surface area (TPSA) is 104 Å². The van der Waals surface area contributed by atoms with Crippen molar-refractivity contribution in [3.05, 3.63) is 83.4 Å². The lowest BCUT2D eigenvalue weighted by atomic mass is 10.1. The second-order valence-corrected chi connectivity index (χ2v) is 10.1. The molecule has 0 aliphatic carbocycles. The van der Waals surface area contributed by atoms with Crippen LogP contribution in [0.25, 0.3) is 10.4 Å². The fourth-order valence-electron chi connectivity index (χ4n) is 3.53. The van der Waals surface area contributed by atoms with Crippen LogP contribution in [0.4, 0.5) is 5.69 Å². The van der Waals surface area contributed by atoms with Gasteiger partial charge in [-0.05, 0) is 66.2 Å². The Morgan fingerprint density at radius 3 is 2.44 bits per heavy atom. The number of nitrogens with zero attached hydrogens (tertiary/aromatic N) is 1. The first-order valence-corrected chi connectivity index (χ1v) is 12.1. The summed E-state index contributed by atoms with van der Waals surface area (Å²) in [7, 11) is -3.71. The van der Waals surface area contributed by atoms with Crippen LogP contribution in [0.5, 0.6) is 0 Å². The van der Waals surface area contributed by atoms with E-state index in [1.54, 1.807) is 12.1 Å². The molecule has 1 amide bonds. The molecule has 0 radical (unpaired) electrons. The van der Waals surface area contributed by atoms with E-state index in [9.17, 15) is 23.1 Å². The van der Waals surface area contributed by atoms with E-state index >= 15 is 0 Å². The van der Waals surface area contributed by atoms with Crippen LogP contribution in [0.2, 0.25) is 0 Å². The molecule has 0 spiro atoms. The SMILES string of the molecule is C=C1CCCN1S(=O)(=O)c1ccc(C(=O)Nc2ccc(-c3cccs3)cc2C(=O)O)cc1. The second-order valence-electron chi connectivity index (χ2n) is 7.27. The molecule has 1 aliphatic heterocycles. The van der Waals surface area contributed by atoms with Crippen molar-refractivity contribution in [2.75, 3.05) is 11.9 Å². The van der Waals surface area contributed by atoms with Crippen molar-refractivity contribution >= 4 is 38.9 Å². The predicted octanol–water partition coefficient (Wildman–Crippen LogP) is 4.66. The van der Waals surface area contributed by atoms with Gasteiger partial charge in [0.1, 0.15) is 0 Å². The minimum absolute atomic E-state index is 0.0315. The Balaban J connectivity index is 1.55. The largest absolute Gasteiger partial charge is 0.478 e. The monoisotopic (exact) mass is 468 g/mol. The van der Waals surface area contributed by atoms with E-state index < -0.39 is 21.9 Å². The summed E-state index contributed by atoms with van der Waals surface area (Å²) in [5.74, 6) is -1.70. The van der Waals surface area contributed by atoms with Crippen LogP contribution in [0.3, 0.4) is 0 Å². The molecule has 7 nitrogen and oxygen atoms in total. The Labute approximate surface area is 189 Å². The Bertz CT molecular complexity index is 1300. The number of anilines is 1. The number of hydrogen-bond acceptors (Lipinski definition) is 5. The lowest BCUT2D eigenvalue weighted by molar-refractivity contribution is 0.0698. The number of nitrogens with one attached hydrogen (secondary N) is 1. The average molecular weight is 469 g/mol. The van der Waals surface area contributed by atoms with Crippen molar-refractivity contribution < 1.29 is 23.1 Å². The zero-order valence-electron chi connectivity index (χ0n) is 16.9. The van der Waals surface area contributed by atoms with E-state index in [4.69, 9.17) is 0 Å². The smallest absolute Gasteiger partial charge is 0.337 e. The zero-order valence-corrected chi connectivity index (χ0v) is 18.6. The quantitative estimate of drug-likeness (QED) is 0.547. The van der Waals surface area contributed by atoms with Gasteiger partial charge in [-0.2, -0.15) is 0 Å². The van der Waals surface area contributed by atoms with Gasteiger partial charge in [-0.15, -0.1) is 11.3 Å². The molecule has 0 saturated carbocycles. The molecule has 0 unspecified atom stereocenters. The number of hydrogen-bond donors (Lipinski definition) is 2. The molecule has 32 heavy (non-hydrogen) atoms. The Morgan fingerprint density at radius 1 is 1.09 bits per heavy atom. The maximum absolute atomic E-state index is 12.8. The third-order valence-corrected chi connectivity index (χ3v) is 8.00. The van der Waals surface area contributed by atoms with Crippen LogP contribution in [-0.2, 0) is 10.0 Å². The van der Waals surface area contributed by atoms with E-state index in [0.717, 1.165) is 16.9 Å². The highest BCUT2D eigenvalue weighted by molar-refractivity contribution is 7.89. The van der Waals surface area contributed by atoms with Gasteiger partial charge in [0.25, 0.3) is 15.9 Å². The molecular formula is C23H20N2O5S2. The number of aromatic carboxylic acids is 1. The highest BCUT2D eigenvalue weighted by Gasteiger charge is 2.29. The first kappa shape index (κ1) is 21.8. The fraction of sp³-hybridized carbons (Fsp3) is 0.130. The molecule has 2 aromatic carbocycles. The normalized spacial score (nSPS) is 13.9. The van der Waals surface area contributed by atoms with E-state index in [-0.39, 0.29) is 21.7 Å². The average Bonchev–Trinajstić information content (AvgIpc) is 3.46. The molecule has 3 aromatic rings. The second kappa shape index (κ2) is 8.60. The van der Waals surface area contributed by atoms with E-state index in [2.05, 4.69) is 11.9 Å². The van der Waals surface area contributed by atoms with Crippen LogP contribution >= 0.6 is 11.3 Å². The molecule has 2 N–H and O–H groups in total. The van der Waals surface area contributed by atoms with Crippen molar-refractivity contribution in [1.82, 2.24) is 4.31 Å². The van der Waals surface area contributed by atoms with Crippen LogP contribution in [0.1, 0.15) is 33.6 Å².